The van der Waals surface area contributed by atoms with E-state index in [2.05, 4.69) is 0 Å². The molecule has 1 atom stereocenters. The number of hydrogen-bond acceptors (Lipinski definition) is 3. The molecule has 2 aromatic rings. The summed E-state index contributed by atoms with van der Waals surface area (Å²) in [6, 6.07) is 13.5. The van der Waals surface area contributed by atoms with E-state index in [1.165, 1.54) is 12.1 Å². The van der Waals surface area contributed by atoms with E-state index in [4.69, 9.17) is 10.5 Å². The number of anilines is 1. The Morgan fingerprint density at radius 1 is 1.17 bits per heavy atom. The van der Waals surface area contributed by atoms with Crippen LogP contribution in [0.5, 0.6) is 0 Å². The van der Waals surface area contributed by atoms with Crippen LogP contribution in [0.25, 0.3) is 0 Å². The number of nitrogens with two attached hydrogens (primary N) is 1. The lowest BCUT2D eigenvalue weighted by Gasteiger charge is -2.33. The van der Waals surface area contributed by atoms with Gasteiger partial charge in [0.25, 0.3) is 0 Å². The monoisotopic (exact) mass is 314 g/mol. The average molecular weight is 314 g/mol. The van der Waals surface area contributed by atoms with Gasteiger partial charge in [0.2, 0.25) is 5.91 Å². The molecule has 1 unspecified atom stereocenters. The fourth-order valence-electron chi connectivity index (χ4n) is 2.68. The predicted molar refractivity (Wildman–Crippen MR) is 86.2 cm³/mol. The van der Waals surface area contributed by atoms with E-state index < -0.39 is 0 Å². The topological polar surface area (TPSA) is 55.6 Å². The molecular formula is C18H19FN2O2. The first-order valence-electron chi connectivity index (χ1n) is 7.61. The summed E-state index contributed by atoms with van der Waals surface area (Å²) in [6.45, 7) is 1.54. The molecule has 1 amide bonds. The van der Waals surface area contributed by atoms with E-state index >= 15 is 0 Å². The molecule has 1 fully saturated rings. The van der Waals surface area contributed by atoms with Crippen LogP contribution in [0.3, 0.4) is 0 Å². The molecule has 120 valence electrons. The van der Waals surface area contributed by atoms with Crippen molar-refractivity contribution in [3.63, 3.8) is 0 Å². The minimum atomic E-state index is -0.277. The number of benzene rings is 2. The molecule has 4 nitrogen and oxygen atoms in total. The van der Waals surface area contributed by atoms with Gasteiger partial charge in [0, 0.05) is 12.2 Å². The summed E-state index contributed by atoms with van der Waals surface area (Å²) >= 11 is 0. The lowest BCUT2D eigenvalue weighted by Crippen LogP contribution is -2.42. The molecule has 1 heterocycles. The fraction of sp³-hybridized carbons (Fsp3) is 0.278. The number of nitrogens with zero attached hydrogens (tertiary/aromatic N) is 1. The maximum Gasteiger partial charge on any atom is 0.227 e. The maximum absolute atomic E-state index is 13.0. The van der Waals surface area contributed by atoms with Gasteiger partial charge in [0.1, 0.15) is 11.9 Å². The number of morpholine rings is 1. The smallest absolute Gasteiger partial charge is 0.227 e. The number of hydrogen-bond donors (Lipinski definition) is 1. The quantitative estimate of drug-likeness (QED) is 0.886. The van der Waals surface area contributed by atoms with E-state index in [9.17, 15) is 9.18 Å². The Labute approximate surface area is 134 Å². The van der Waals surface area contributed by atoms with Crippen LogP contribution in [-0.2, 0) is 16.0 Å². The number of amides is 1. The molecule has 0 saturated carbocycles. The number of nitrogen functional groups attached to an aromatic ring is 1. The second-order valence-electron chi connectivity index (χ2n) is 5.67. The maximum atomic E-state index is 13.0. The predicted octanol–water partition coefficient (Wildman–Crippen LogP) is 2.55. The van der Waals surface area contributed by atoms with E-state index in [1.807, 2.05) is 12.1 Å². The molecule has 0 spiro atoms. The van der Waals surface area contributed by atoms with Crippen LogP contribution in [0.1, 0.15) is 17.2 Å². The summed E-state index contributed by atoms with van der Waals surface area (Å²) in [4.78, 5) is 14.3. The summed E-state index contributed by atoms with van der Waals surface area (Å²) in [5.41, 5.74) is 8.16. The molecular weight excluding hydrogens is 295 g/mol. The lowest BCUT2D eigenvalue weighted by atomic mass is 10.1. The number of ether oxygens (including phenoxy) is 1. The lowest BCUT2D eigenvalue weighted by molar-refractivity contribution is -0.138. The second kappa shape index (κ2) is 6.79. The highest BCUT2D eigenvalue weighted by Crippen LogP contribution is 2.23. The van der Waals surface area contributed by atoms with Gasteiger partial charge in [0.05, 0.1) is 19.6 Å². The van der Waals surface area contributed by atoms with Gasteiger partial charge in [-0.15, -0.1) is 0 Å². The Bertz CT molecular complexity index is 670. The van der Waals surface area contributed by atoms with E-state index in [1.54, 1.807) is 29.2 Å². The second-order valence-corrected chi connectivity index (χ2v) is 5.67. The zero-order chi connectivity index (χ0) is 16.2. The number of rotatable bonds is 3. The van der Waals surface area contributed by atoms with Crippen molar-refractivity contribution < 1.29 is 13.9 Å². The van der Waals surface area contributed by atoms with Crippen LogP contribution in [0.15, 0.2) is 48.5 Å². The van der Waals surface area contributed by atoms with Gasteiger partial charge in [-0.25, -0.2) is 4.39 Å². The summed E-state index contributed by atoms with van der Waals surface area (Å²) < 4.78 is 18.7. The minimum absolute atomic E-state index is 0.0604. The Hall–Kier alpha value is -2.40. The highest BCUT2D eigenvalue weighted by atomic mass is 19.1. The summed E-state index contributed by atoms with van der Waals surface area (Å²) in [7, 11) is 0. The Balaban J connectivity index is 1.64. The molecule has 5 heteroatoms. The van der Waals surface area contributed by atoms with Crippen LogP contribution in [0.4, 0.5) is 10.1 Å². The molecule has 0 aliphatic carbocycles. The SMILES string of the molecule is Nc1ccc(CC(=O)N2CCOC(c3ccc(F)cc3)C2)cc1. The van der Waals surface area contributed by atoms with Gasteiger partial charge in [0.15, 0.2) is 0 Å². The molecule has 0 bridgehead atoms. The Morgan fingerprint density at radius 2 is 1.87 bits per heavy atom. The van der Waals surface area contributed by atoms with E-state index in [0.717, 1.165) is 11.1 Å². The van der Waals surface area contributed by atoms with Gasteiger partial charge < -0.3 is 15.4 Å². The summed E-state index contributed by atoms with van der Waals surface area (Å²) in [6.07, 6.45) is 0.135. The van der Waals surface area contributed by atoms with Gasteiger partial charge in [-0.05, 0) is 35.4 Å². The van der Waals surface area contributed by atoms with Crippen molar-refractivity contribution in [1.82, 2.24) is 4.90 Å². The van der Waals surface area contributed by atoms with Crippen LogP contribution in [-0.4, -0.2) is 30.5 Å². The third kappa shape index (κ3) is 3.87. The van der Waals surface area contributed by atoms with E-state index in [-0.39, 0.29) is 17.8 Å². The largest absolute Gasteiger partial charge is 0.399 e. The van der Waals surface area contributed by atoms with Crippen LogP contribution >= 0.6 is 0 Å². The third-order valence-corrected chi connectivity index (χ3v) is 4.00. The number of halogens is 1. The molecule has 0 aromatic heterocycles. The van der Waals surface area contributed by atoms with Crippen molar-refractivity contribution >= 4 is 11.6 Å². The first kappa shape index (κ1) is 15.5. The molecule has 0 radical (unpaired) electrons. The Morgan fingerprint density at radius 3 is 2.57 bits per heavy atom. The van der Waals surface area contributed by atoms with Gasteiger partial charge in [-0.2, -0.15) is 0 Å². The van der Waals surface area contributed by atoms with Gasteiger partial charge >= 0.3 is 0 Å². The van der Waals surface area contributed by atoms with Crippen molar-refractivity contribution in [3.05, 3.63) is 65.5 Å². The first-order valence-corrected chi connectivity index (χ1v) is 7.61. The molecule has 3 rings (SSSR count). The van der Waals surface area contributed by atoms with Crippen molar-refractivity contribution in [2.24, 2.45) is 0 Å². The zero-order valence-electron chi connectivity index (χ0n) is 12.7. The standard InChI is InChI=1S/C18H19FN2O2/c19-15-5-3-14(4-6-15)17-12-21(9-10-23-17)18(22)11-13-1-7-16(20)8-2-13/h1-8,17H,9-12,20H2. The Kier molecular flexibility index (Phi) is 4.57. The molecule has 2 aromatic carbocycles. The molecule has 1 aliphatic heterocycles. The van der Waals surface area contributed by atoms with Crippen LogP contribution in [0.2, 0.25) is 0 Å². The molecule has 1 saturated heterocycles. The van der Waals surface area contributed by atoms with Crippen molar-refractivity contribution in [3.8, 4) is 0 Å². The minimum Gasteiger partial charge on any atom is -0.399 e. The average Bonchev–Trinajstić information content (AvgIpc) is 2.58. The van der Waals surface area contributed by atoms with Crippen LogP contribution < -0.4 is 5.73 Å². The number of carbonyl (C=O) groups is 1. The van der Waals surface area contributed by atoms with Crippen LogP contribution in [0, 0.1) is 5.82 Å². The third-order valence-electron chi connectivity index (χ3n) is 4.00. The highest BCUT2D eigenvalue weighted by Gasteiger charge is 2.25. The number of carbonyl (C=O) groups excluding carboxylic acids is 1. The zero-order valence-corrected chi connectivity index (χ0v) is 12.7. The van der Waals surface area contributed by atoms with Crippen molar-refractivity contribution in [2.75, 3.05) is 25.4 Å². The normalized spacial score (nSPS) is 18.0. The summed E-state index contributed by atoms with van der Waals surface area (Å²) in [5.74, 6) is -0.217. The molecule has 23 heavy (non-hydrogen) atoms. The highest BCUT2D eigenvalue weighted by molar-refractivity contribution is 5.79. The molecule has 1 aliphatic rings. The van der Waals surface area contributed by atoms with Gasteiger partial charge in [-0.1, -0.05) is 24.3 Å². The van der Waals surface area contributed by atoms with Gasteiger partial charge in [-0.3, -0.25) is 4.79 Å². The van der Waals surface area contributed by atoms with Crippen molar-refractivity contribution in [1.29, 1.82) is 0 Å². The van der Waals surface area contributed by atoms with Crippen molar-refractivity contribution in [2.45, 2.75) is 12.5 Å². The first-order chi connectivity index (χ1) is 11.1. The van der Waals surface area contributed by atoms with E-state index in [0.29, 0.717) is 31.8 Å². The molecule has 2 N–H and O–H groups in total. The summed E-state index contributed by atoms with van der Waals surface area (Å²) in [5, 5.41) is 0. The fourth-order valence-corrected chi connectivity index (χ4v) is 2.68.